The maximum Gasteiger partial charge on any atom is 0.492 e. The number of hydrogen-bond donors (Lipinski definition) is 0. The minimum atomic E-state index is -4.65. The van der Waals surface area contributed by atoms with Crippen LogP contribution >= 0.6 is 0 Å². The van der Waals surface area contributed by atoms with Gasteiger partial charge in [0, 0.05) is 6.54 Å². The van der Waals surface area contributed by atoms with Crippen molar-refractivity contribution >= 4 is 6.98 Å². The zero-order valence-electron chi connectivity index (χ0n) is 8.19. The molecule has 0 spiro atoms. The lowest BCUT2D eigenvalue weighted by Crippen LogP contribution is -2.46. The van der Waals surface area contributed by atoms with Gasteiger partial charge in [0.25, 0.3) is 0 Å². The smallest absolute Gasteiger partial charge is 0.448 e. The van der Waals surface area contributed by atoms with Crippen LogP contribution in [-0.4, -0.2) is 31.4 Å². The van der Waals surface area contributed by atoms with Crippen molar-refractivity contribution in [2.24, 2.45) is 5.41 Å². The summed E-state index contributed by atoms with van der Waals surface area (Å²) in [7, 11) is 0. The molecule has 0 N–H and O–H groups in total. The van der Waals surface area contributed by atoms with Crippen molar-refractivity contribution in [3.8, 4) is 0 Å². The van der Waals surface area contributed by atoms with Crippen molar-refractivity contribution in [2.75, 3.05) is 19.5 Å². The second kappa shape index (κ2) is 3.52. The van der Waals surface area contributed by atoms with Crippen LogP contribution in [0.4, 0.5) is 12.9 Å². The van der Waals surface area contributed by atoms with Gasteiger partial charge in [-0.3, -0.25) is 0 Å². The van der Waals surface area contributed by atoms with Crippen LogP contribution < -0.4 is 0 Å². The predicted molar refractivity (Wildman–Crippen MR) is 48.5 cm³/mol. The number of likely N-dealkylation sites (tertiary alicyclic amines) is 1. The van der Waals surface area contributed by atoms with Gasteiger partial charge in [0.05, 0.1) is 0 Å². The Bertz CT molecular complexity index is 177. The first-order valence-electron chi connectivity index (χ1n) is 4.72. The Hall–Kier alpha value is -0.185. The van der Waals surface area contributed by atoms with Crippen molar-refractivity contribution in [1.29, 1.82) is 0 Å². The Labute approximate surface area is 77.4 Å². The third kappa shape index (κ3) is 4.03. The molecule has 13 heavy (non-hydrogen) atoms. The Balaban J connectivity index is 2.44. The van der Waals surface area contributed by atoms with Crippen LogP contribution in [0.3, 0.4) is 0 Å². The molecule has 1 heterocycles. The van der Waals surface area contributed by atoms with Crippen LogP contribution in [0, 0.1) is 5.41 Å². The number of piperidine rings is 1. The fraction of sp³-hybridized carbons (Fsp3) is 1.00. The van der Waals surface area contributed by atoms with Crippen LogP contribution in [0.5, 0.6) is 0 Å². The molecule has 0 amide bonds. The summed E-state index contributed by atoms with van der Waals surface area (Å²) in [6.07, 6.45) is 1.23. The van der Waals surface area contributed by atoms with E-state index in [4.69, 9.17) is 0 Å². The summed E-state index contributed by atoms with van der Waals surface area (Å²) in [5, 5.41) is 0. The van der Waals surface area contributed by atoms with E-state index in [1.165, 1.54) is 4.90 Å². The van der Waals surface area contributed by atoms with Gasteiger partial charge in [0.1, 0.15) is 0 Å². The maximum atomic E-state index is 12.1. The van der Waals surface area contributed by atoms with Crippen LogP contribution in [0.2, 0.25) is 0 Å². The highest BCUT2D eigenvalue weighted by molar-refractivity contribution is 6.58. The van der Waals surface area contributed by atoms with Gasteiger partial charge in [-0.25, -0.2) is 0 Å². The normalized spacial score (nSPS) is 24.7. The molecule has 1 aliphatic rings. The third-order valence-electron chi connectivity index (χ3n) is 2.44. The standard InChI is InChI=1S/C8H16BF3N/c1-8(2)4-3-5-13(6-8)7-9(10,11)12/h3-7H2,1-2H3/q-1. The van der Waals surface area contributed by atoms with Crippen LogP contribution in [-0.2, 0) is 0 Å². The molecule has 0 radical (unpaired) electrons. The lowest BCUT2D eigenvalue weighted by molar-refractivity contribution is 0.125. The van der Waals surface area contributed by atoms with E-state index in [1.54, 1.807) is 0 Å². The van der Waals surface area contributed by atoms with Gasteiger partial charge >= 0.3 is 6.98 Å². The summed E-state index contributed by atoms with van der Waals surface area (Å²) in [6, 6.07) is 0. The van der Waals surface area contributed by atoms with Crippen molar-refractivity contribution in [2.45, 2.75) is 26.7 Å². The molecule has 78 valence electrons. The topological polar surface area (TPSA) is 3.24 Å². The highest BCUT2D eigenvalue weighted by Gasteiger charge is 2.32. The van der Waals surface area contributed by atoms with Crippen LogP contribution in [0.1, 0.15) is 26.7 Å². The van der Waals surface area contributed by atoms with E-state index < -0.39 is 13.4 Å². The molecule has 0 saturated carbocycles. The summed E-state index contributed by atoms with van der Waals surface area (Å²) in [5.41, 5.74) is 0.0551. The zero-order chi connectivity index (χ0) is 10.1. The molecule has 1 rings (SSSR count). The van der Waals surface area contributed by atoms with Gasteiger partial charge in [-0.1, -0.05) is 13.8 Å². The molecule has 1 nitrogen and oxygen atoms in total. The minimum Gasteiger partial charge on any atom is -0.448 e. The summed E-state index contributed by atoms with van der Waals surface area (Å²) in [5.74, 6) is 0. The van der Waals surface area contributed by atoms with Gasteiger partial charge in [-0.2, -0.15) is 0 Å². The van der Waals surface area contributed by atoms with Gasteiger partial charge in [0.2, 0.25) is 0 Å². The van der Waals surface area contributed by atoms with Crippen molar-refractivity contribution < 1.29 is 12.9 Å². The van der Waals surface area contributed by atoms with E-state index in [2.05, 4.69) is 0 Å². The average molecular weight is 194 g/mol. The first kappa shape index (κ1) is 10.9. The number of rotatable bonds is 2. The highest BCUT2D eigenvalue weighted by Crippen LogP contribution is 2.29. The molecular formula is C8H16BF3N-. The average Bonchev–Trinajstić information content (AvgIpc) is 1.79. The second-order valence-electron chi connectivity index (χ2n) is 4.71. The van der Waals surface area contributed by atoms with E-state index in [1.807, 2.05) is 13.8 Å². The molecule has 1 aliphatic heterocycles. The Morgan fingerprint density at radius 3 is 2.38 bits per heavy atom. The van der Waals surface area contributed by atoms with Crippen LogP contribution in [0.15, 0.2) is 0 Å². The number of hydrogen-bond acceptors (Lipinski definition) is 1. The molecule has 0 unspecified atom stereocenters. The third-order valence-corrected chi connectivity index (χ3v) is 2.44. The van der Waals surface area contributed by atoms with E-state index in [0.717, 1.165) is 12.8 Å². The highest BCUT2D eigenvalue weighted by atomic mass is 19.4. The summed E-state index contributed by atoms with van der Waals surface area (Å²) < 4.78 is 36.3. The fourth-order valence-electron chi connectivity index (χ4n) is 1.99. The molecule has 1 saturated heterocycles. The predicted octanol–water partition coefficient (Wildman–Crippen LogP) is 2.50. The van der Waals surface area contributed by atoms with E-state index in [0.29, 0.717) is 13.1 Å². The van der Waals surface area contributed by atoms with Crippen molar-refractivity contribution in [3.63, 3.8) is 0 Å². The van der Waals surface area contributed by atoms with Gasteiger partial charge in [0.15, 0.2) is 0 Å². The van der Waals surface area contributed by atoms with E-state index >= 15 is 0 Å². The lowest BCUT2D eigenvalue weighted by Gasteiger charge is -2.40. The van der Waals surface area contributed by atoms with Crippen LogP contribution in [0.25, 0.3) is 0 Å². The SMILES string of the molecule is CC1(C)CCCN(C[B-](F)(F)F)C1. The number of halogens is 3. The first-order valence-corrected chi connectivity index (χ1v) is 4.72. The molecule has 0 aromatic rings. The number of nitrogens with zero attached hydrogens (tertiary/aromatic N) is 1. The summed E-state index contributed by atoms with van der Waals surface area (Å²) >= 11 is 0. The molecule has 0 aliphatic carbocycles. The Morgan fingerprint density at radius 2 is 1.92 bits per heavy atom. The maximum absolute atomic E-state index is 12.1. The van der Waals surface area contributed by atoms with Crippen molar-refractivity contribution in [3.05, 3.63) is 0 Å². The molecule has 5 heteroatoms. The second-order valence-corrected chi connectivity index (χ2v) is 4.71. The van der Waals surface area contributed by atoms with Gasteiger partial charge in [-0.05, 0) is 31.2 Å². The summed E-state index contributed by atoms with van der Waals surface area (Å²) in [4.78, 5) is 1.53. The Kier molecular flexibility index (Phi) is 2.95. The Morgan fingerprint density at radius 1 is 1.31 bits per heavy atom. The molecular weight excluding hydrogens is 178 g/mol. The van der Waals surface area contributed by atoms with E-state index in [9.17, 15) is 12.9 Å². The van der Waals surface area contributed by atoms with Gasteiger partial charge in [-0.15, -0.1) is 0 Å². The fourth-order valence-corrected chi connectivity index (χ4v) is 1.99. The van der Waals surface area contributed by atoms with Gasteiger partial charge < -0.3 is 17.8 Å². The summed E-state index contributed by atoms with van der Waals surface area (Å²) in [6.45, 7) is 0.592. The molecule has 0 aromatic carbocycles. The van der Waals surface area contributed by atoms with Crippen molar-refractivity contribution in [1.82, 2.24) is 4.90 Å². The monoisotopic (exact) mass is 194 g/mol. The molecule has 0 aromatic heterocycles. The lowest BCUT2D eigenvalue weighted by atomic mass is 9.81. The molecule has 0 atom stereocenters. The molecule has 1 fully saturated rings. The van der Waals surface area contributed by atoms with E-state index in [-0.39, 0.29) is 5.41 Å². The zero-order valence-corrected chi connectivity index (χ0v) is 8.19. The quantitative estimate of drug-likeness (QED) is 0.610. The first-order chi connectivity index (χ1) is 5.79. The largest absolute Gasteiger partial charge is 0.492 e. The minimum absolute atomic E-state index is 0.0551. The molecule has 0 bridgehead atoms.